The summed E-state index contributed by atoms with van der Waals surface area (Å²) in [4.78, 5) is 12.0. The van der Waals surface area contributed by atoms with Gasteiger partial charge in [-0.1, -0.05) is 27.2 Å². The molecule has 1 aliphatic rings. The molecule has 0 aromatic carbocycles. The lowest BCUT2D eigenvalue weighted by Gasteiger charge is -2.32. The van der Waals surface area contributed by atoms with Gasteiger partial charge >= 0.3 is 5.97 Å². The van der Waals surface area contributed by atoms with Crippen molar-refractivity contribution in [3.8, 4) is 0 Å². The van der Waals surface area contributed by atoms with E-state index in [1.165, 1.54) is 19.3 Å². The summed E-state index contributed by atoms with van der Waals surface area (Å²) < 4.78 is 5.69. The number of hydrogen-bond donors (Lipinski definition) is 1. The SMILES string of the molecule is CCC1CCCCC1OC(=O)C(CN)C(C)C. The van der Waals surface area contributed by atoms with Crippen molar-refractivity contribution in [2.24, 2.45) is 23.5 Å². The normalized spacial score (nSPS) is 26.9. The van der Waals surface area contributed by atoms with Gasteiger partial charge in [-0.25, -0.2) is 0 Å². The van der Waals surface area contributed by atoms with E-state index in [0.717, 1.165) is 12.8 Å². The van der Waals surface area contributed by atoms with E-state index in [4.69, 9.17) is 10.5 Å². The average Bonchev–Trinajstić information content (AvgIpc) is 2.30. The minimum atomic E-state index is -0.144. The van der Waals surface area contributed by atoms with Crippen molar-refractivity contribution in [2.45, 2.75) is 59.0 Å². The van der Waals surface area contributed by atoms with Crippen LogP contribution >= 0.6 is 0 Å². The number of esters is 1. The zero-order chi connectivity index (χ0) is 12.8. The first-order valence-electron chi connectivity index (χ1n) is 7.00. The van der Waals surface area contributed by atoms with Gasteiger partial charge < -0.3 is 10.5 Å². The second-order valence-corrected chi connectivity index (χ2v) is 5.51. The fourth-order valence-corrected chi connectivity index (χ4v) is 2.67. The van der Waals surface area contributed by atoms with Crippen LogP contribution in [0.25, 0.3) is 0 Å². The fraction of sp³-hybridized carbons (Fsp3) is 0.929. The molecule has 0 aromatic rings. The molecule has 3 heteroatoms. The molecule has 1 saturated carbocycles. The second-order valence-electron chi connectivity index (χ2n) is 5.51. The number of nitrogens with two attached hydrogens (primary N) is 1. The number of carbonyl (C=O) groups is 1. The molecule has 3 atom stereocenters. The third kappa shape index (κ3) is 3.98. The highest BCUT2D eigenvalue weighted by atomic mass is 16.5. The predicted molar refractivity (Wildman–Crippen MR) is 69.5 cm³/mol. The number of ether oxygens (including phenoxy) is 1. The molecular formula is C14H27NO2. The van der Waals surface area contributed by atoms with Gasteiger partial charge in [0.05, 0.1) is 5.92 Å². The van der Waals surface area contributed by atoms with Crippen LogP contribution in [-0.2, 0) is 9.53 Å². The highest BCUT2D eigenvalue weighted by Gasteiger charge is 2.30. The van der Waals surface area contributed by atoms with E-state index in [-0.39, 0.29) is 23.9 Å². The van der Waals surface area contributed by atoms with E-state index in [1.54, 1.807) is 0 Å². The van der Waals surface area contributed by atoms with Crippen LogP contribution in [0.2, 0.25) is 0 Å². The smallest absolute Gasteiger partial charge is 0.310 e. The van der Waals surface area contributed by atoms with Crippen LogP contribution in [0.4, 0.5) is 0 Å². The Hall–Kier alpha value is -0.570. The van der Waals surface area contributed by atoms with E-state index in [2.05, 4.69) is 6.92 Å². The van der Waals surface area contributed by atoms with Gasteiger partial charge in [0.1, 0.15) is 6.10 Å². The topological polar surface area (TPSA) is 52.3 Å². The molecule has 1 aliphatic carbocycles. The molecule has 0 aromatic heterocycles. The van der Waals surface area contributed by atoms with Gasteiger partial charge in [0.25, 0.3) is 0 Å². The molecule has 0 saturated heterocycles. The fourth-order valence-electron chi connectivity index (χ4n) is 2.67. The highest BCUT2D eigenvalue weighted by molar-refractivity contribution is 5.73. The summed E-state index contributed by atoms with van der Waals surface area (Å²) >= 11 is 0. The molecular weight excluding hydrogens is 214 g/mol. The molecule has 3 nitrogen and oxygen atoms in total. The Morgan fingerprint density at radius 2 is 2.00 bits per heavy atom. The summed E-state index contributed by atoms with van der Waals surface area (Å²) in [6.07, 6.45) is 5.92. The summed E-state index contributed by atoms with van der Waals surface area (Å²) in [6.45, 7) is 6.62. The molecule has 3 unspecified atom stereocenters. The monoisotopic (exact) mass is 241 g/mol. The first kappa shape index (κ1) is 14.5. The molecule has 0 radical (unpaired) electrons. The molecule has 2 N–H and O–H groups in total. The summed E-state index contributed by atoms with van der Waals surface area (Å²) in [5, 5.41) is 0. The molecule has 1 fully saturated rings. The molecule has 1 rings (SSSR count). The third-order valence-electron chi connectivity index (χ3n) is 3.99. The Morgan fingerprint density at radius 3 is 2.53 bits per heavy atom. The first-order valence-corrected chi connectivity index (χ1v) is 7.00. The van der Waals surface area contributed by atoms with Crippen LogP contribution < -0.4 is 5.73 Å². The van der Waals surface area contributed by atoms with Gasteiger partial charge in [-0.15, -0.1) is 0 Å². The van der Waals surface area contributed by atoms with Crippen LogP contribution in [-0.4, -0.2) is 18.6 Å². The minimum absolute atomic E-state index is 0.0900. The lowest BCUT2D eigenvalue weighted by Crippen LogP contribution is -2.36. The lowest BCUT2D eigenvalue weighted by atomic mass is 9.84. The maximum Gasteiger partial charge on any atom is 0.310 e. The molecule has 0 spiro atoms. The summed E-state index contributed by atoms with van der Waals surface area (Å²) in [6, 6.07) is 0. The largest absolute Gasteiger partial charge is 0.462 e. The van der Waals surface area contributed by atoms with Gasteiger partial charge in [-0.05, 0) is 37.5 Å². The Balaban J connectivity index is 2.53. The van der Waals surface area contributed by atoms with Gasteiger partial charge in [0.15, 0.2) is 0 Å². The van der Waals surface area contributed by atoms with E-state index in [1.807, 2.05) is 13.8 Å². The Morgan fingerprint density at radius 1 is 1.35 bits per heavy atom. The van der Waals surface area contributed by atoms with Gasteiger partial charge in [0, 0.05) is 6.54 Å². The van der Waals surface area contributed by atoms with Crippen molar-refractivity contribution in [3.63, 3.8) is 0 Å². The van der Waals surface area contributed by atoms with Gasteiger partial charge in [0.2, 0.25) is 0 Å². The standard InChI is InChI=1S/C14H27NO2/c1-4-11-7-5-6-8-13(11)17-14(16)12(9-15)10(2)3/h10-13H,4-9,15H2,1-3H3. The van der Waals surface area contributed by atoms with Crippen LogP contribution in [0.1, 0.15) is 52.9 Å². The number of hydrogen-bond acceptors (Lipinski definition) is 3. The van der Waals surface area contributed by atoms with Crippen molar-refractivity contribution in [2.75, 3.05) is 6.54 Å². The summed E-state index contributed by atoms with van der Waals surface area (Å²) in [7, 11) is 0. The highest BCUT2D eigenvalue weighted by Crippen LogP contribution is 2.30. The van der Waals surface area contributed by atoms with E-state index in [0.29, 0.717) is 12.5 Å². The Bertz CT molecular complexity index is 240. The molecule has 0 amide bonds. The predicted octanol–water partition coefficient (Wildman–Crippen LogP) is 2.73. The maximum absolute atomic E-state index is 12.0. The van der Waals surface area contributed by atoms with Crippen molar-refractivity contribution >= 4 is 5.97 Å². The van der Waals surface area contributed by atoms with E-state index in [9.17, 15) is 4.79 Å². The molecule has 0 bridgehead atoms. The zero-order valence-corrected chi connectivity index (χ0v) is 11.4. The van der Waals surface area contributed by atoms with Gasteiger partial charge in [-0.2, -0.15) is 0 Å². The lowest BCUT2D eigenvalue weighted by molar-refractivity contribution is -0.160. The van der Waals surface area contributed by atoms with Crippen LogP contribution in [0, 0.1) is 17.8 Å². The maximum atomic E-state index is 12.0. The van der Waals surface area contributed by atoms with Crippen molar-refractivity contribution in [1.82, 2.24) is 0 Å². The number of carbonyl (C=O) groups excluding carboxylic acids is 1. The van der Waals surface area contributed by atoms with Crippen molar-refractivity contribution in [1.29, 1.82) is 0 Å². The molecule has 17 heavy (non-hydrogen) atoms. The second kappa shape index (κ2) is 7.00. The van der Waals surface area contributed by atoms with Crippen molar-refractivity contribution < 1.29 is 9.53 Å². The zero-order valence-electron chi connectivity index (χ0n) is 11.4. The van der Waals surface area contributed by atoms with Crippen LogP contribution in [0.3, 0.4) is 0 Å². The molecule has 0 heterocycles. The van der Waals surface area contributed by atoms with Crippen LogP contribution in [0.15, 0.2) is 0 Å². The first-order chi connectivity index (χ1) is 8.10. The summed E-state index contributed by atoms with van der Waals surface area (Å²) in [5.74, 6) is 0.580. The Labute approximate surface area is 105 Å². The Kier molecular flexibility index (Phi) is 5.96. The molecule has 100 valence electrons. The summed E-state index contributed by atoms with van der Waals surface area (Å²) in [5.41, 5.74) is 5.65. The molecule has 0 aliphatic heterocycles. The van der Waals surface area contributed by atoms with E-state index >= 15 is 0 Å². The van der Waals surface area contributed by atoms with Crippen LogP contribution in [0.5, 0.6) is 0 Å². The quantitative estimate of drug-likeness (QED) is 0.753. The third-order valence-corrected chi connectivity index (χ3v) is 3.99. The van der Waals surface area contributed by atoms with Crippen molar-refractivity contribution in [3.05, 3.63) is 0 Å². The number of rotatable bonds is 5. The average molecular weight is 241 g/mol. The van der Waals surface area contributed by atoms with Gasteiger partial charge in [-0.3, -0.25) is 4.79 Å². The minimum Gasteiger partial charge on any atom is -0.462 e. The van der Waals surface area contributed by atoms with E-state index < -0.39 is 0 Å².